The highest BCUT2D eigenvalue weighted by Crippen LogP contribution is 2.44. The zero-order valence-electron chi connectivity index (χ0n) is 9.76. The maximum Gasteiger partial charge on any atom is 0.123 e. The Kier molecular flexibility index (Phi) is 3.22. The third kappa shape index (κ3) is 2.41. The van der Waals surface area contributed by atoms with E-state index in [9.17, 15) is 4.39 Å². The first kappa shape index (κ1) is 11.7. The molecule has 0 heterocycles. The zero-order valence-corrected chi connectivity index (χ0v) is 11.3. The minimum absolute atomic E-state index is 0.155. The van der Waals surface area contributed by atoms with Crippen LogP contribution in [0.3, 0.4) is 0 Å². The molecule has 0 aliphatic heterocycles. The largest absolute Gasteiger partial charge is 0.310 e. The van der Waals surface area contributed by atoms with Gasteiger partial charge < -0.3 is 5.32 Å². The summed E-state index contributed by atoms with van der Waals surface area (Å²) in [4.78, 5) is 0. The van der Waals surface area contributed by atoms with Crippen LogP contribution in [-0.2, 0) is 6.54 Å². The Bertz CT molecular complexity index is 421. The van der Waals surface area contributed by atoms with Gasteiger partial charge in [0.2, 0.25) is 0 Å². The Balaban J connectivity index is 1.62. The van der Waals surface area contributed by atoms with Gasteiger partial charge in [-0.3, -0.25) is 0 Å². The molecular formula is C14H17BrFN. The maximum atomic E-state index is 13.1. The van der Waals surface area contributed by atoms with Crippen molar-refractivity contribution >= 4 is 15.9 Å². The minimum Gasteiger partial charge on any atom is -0.310 e. The zero-order chi connectivity index (χ0) is 11.8. The molecule has 2 aliphatic rings. The monoisotopic (exact) mass is 297 g/mol. The standard InChI is InChI=1S/C14H17BrFN/c15-13-4-3-12(16)7-11(13)8-17-14-6-9-1-2-10(14)5-9/h3-4,7,9-10,14,17H,1-2,5-6,8H2. The number of hydrogen-bond donors (Lipinski definition) is 1. The van der Waals surface area contributed by atoms with Crippen LogP contribution in [0.5, 0.6) is 0 Å². The van der Waals surface area contributed by atoms with E-state index in [-0.39, 0.29) is 5.82 Å². The number of benzene rings is 1. The molecule has 3 atom stereocenters. The summed E-state index contributed by atoms with van der Waals surface area (Å²) in [6.45, 7) is 0.770. The maximum absolute atomic E-state index is 13.1. The molecule has 0 aromatic heterocycles. The Morgan fingerprint density at radius 3 is 2.88 bits per heavy atom. The second-order valence-corrected chi connectivity index (χ2v) is 6.25. The summed E-state index contributed by atoms with van der Waals surface area (Å²) in [5.74, 6) is 1.67. The first-order valence-electron chi connectivity index (χ1n) is 6.39. The van der Waals surface area contributed by atoms with Crippen molar-refractivity contribution in [2.45, 2.75) is 38.3 Å². The van der Waals surface area contributed by atoms with Crippen LogP contribution in [-0.4, -0.2) is 6.04 Å². The molecule has 92 valence electrons. The van der Waals surface area contributed by atoms with E-state index in [0.717, 1.165) is 28.4 Å². The van der Waals surface area contributed by atoms with Gasteiger partial charge >= 0.3 is 0 Å². The number of hydrogen-bond acceptors (Lipinski definition) is 1. The highest BCUT2D eigenvalue weighted by atomic mass is 79.9. The van der Waals surface area contributed by atoms with Crippen molar-refractivity contribution < 1.29 is 4.39 Å². The Hall–Kier alpha value is -0.410. The molecule has 2 saturated carbocycles. The molecule has 17 heavy (non-hydrogen) atoms. The molecule has 2 aliphatic carbocycles. The average molecular weight is 298 g/mol. The molecule has 0 amide bonds. The summed E-state index contributed by atoms with van der Waals surface area (Å²) in [5, 5.41) is 3.60. The van der Waals surface area contributed by atoms with Crippen molar-refractivity contribution in [3.63, 3.8) is 0 Å². The van der Waals surface area contributed by atoms with Gasteiger partial charge in [-0.2, -0.15) is 0 Å². The molecule has 0 radical (unpaired) electrons. The van der Waals surface area contributed by atoms with Gasteiger partial charge in [0.25, 0.3) is 0 Å². The molecule has 1 nitrogen and oxygen atoms in total. The van der Waals surface area contributed by atoms with E-state index < -0.39 is 0 Å². The van der Waals surface area contributed by atoms with Gasteiger partial charge in [0.1, 0.15) is 5.82 Å². The number of fused-ring (bicyclic) bond motifs is 2. The predicted molar refractivity (Wildman–Crippen MR) is 70.2 cm³/mol. The van der Waals surface area contributed by atoms with Crippen LogP contribution in [0.4, 0.5) is 4.39 Å². The number of halogens is 2. The Labute approximate surface area is 110 Å². The lowest BCUT2D eigenvalue weighted by Gasteiger charge is -2.23. The summed E-state index contributed by atoms with van der Waals surface area (Å²) in [6, 6.07) is 5.55. The predicted octanol–water partition coefficient (Wildman–Crippen LogP) is 3.87. The van der Waals surface area contributed by atoms with Crippen LogP contribution in [0.1, 0.15) is 31.2 Å². The van der Waals surface area contributed by atoms with Crippen molar-refractivity contribution in [2.24, 2.45) is 11.8 Å². The summed E-state index contributed by atoms with van der Waals surface area (Å²) in [5.41, 5.74) is 1.02. The van der Waals surface area contributed by atoms with E-state index in [4.69, 9.17) is 0 Å². The minimum atomic E-state index is -0.155. The second-order valence-electron chi connectivity index (χ2n) is 5.40. The van der Waals surface area contributed by atoms with Gasteiger partial charge in [-0.15, -0.1) is 0 Å². The SMILES string of the molecule is Fc1ccc(Br)c(CNC2CC3CCC2C3)c1. The van der Waals surface area contributed by atoms with Crippen LogP contribution in [0.15, 0.2) is 22.7 Å². The lowest BCUT2D eigenvalue weighted by atomic mass is 9.95. The molecule has 1 aromatic rings. The highest BCUT2D eigenvalue weighted by Gasteiger charge is 2.38. The molecule has 2 fully saturated rings. The van der Waals surface area contributed by atoms with E-state index in [2.05, 4.69) is 21.2 Å². The first-order valence-corrected chi connectivity index (χ1v) is 7.19. The van der Waals surface area contributed by atoms with Crippen LogP contribution >= 0.6 is 15.9 Å². The molecule has 2 bridgehead atoms. The van der Waals surface area contributed by atoms with E-state index in [1.165, 1.54) is 31.7 Å². The summed E-state index contributed by atoms with van der Waals surface area (Å²) >= 11 is 3.47. The van der Waals surface area contributed by atoms with E-state index in [1.807, 2.05) is 0 Å². The molecule has 1 N–H and O–H groups in total. The van der Waals surface area contributed by atoms with Crippen LogP contribution in [0.25, 0.3) is 0 Å². The summed E-state index contributed by atoms with van der Waals surface area (Å²) in [7, 11) is 0. The van der Waals surface area contributed by atoms with Crippen molar-refractivity contribution in [1.29, 1.82) is 0 Å². The normalized spacial score (nSPS) is 31.1. The lowest BCUT2D eigenvalue weighted by Crippen LogP contribution is -2.33. The fourth-order valence-electron chi connectivity index (χ4n) is 3.41. The van der Waals surface area contributed by atoms with E-state index in [0.29, 0.717) is 6.04 Å². The summed E-state index contributed by atoms with van der Waals surface area (Å²) in [6.07, 6.45) is 5.53. The van der Waals surface area contributed by atoms with Gasteiger partial charge in [0, 0.05) is 17.1 Å². The molecular weight excluding hydrogens is 281 g/mol. The molecule has 3 rings (SSSR count). The Morgan fingerprint density at radius 1 is 1.29 bits per heavy atom. The van der Waals surface area contributed by atoms with E-state index >= 15 is 0 Å². The third-order valence-corrected chi connectivity index (χ3v) is 5.07. The van der Waals surface area contributed by atoms with Gasteiger partial charge in [0.15, 0.2) is 0 Å². The molecule has 3 unspecified atom stereocenters. The molecule has 0 spiro atoms. The average Bonchev–Trinajstić information content (AvgIpc) is 2.92. The van der Waals surface area contributed by atoms with Gasteiger partial charge in [0.05, 0.1) is 0 Å². The van der Waals surface area contributed by atoms with Crippen molar-refractivity contribution in [3.05, 3.63) is 34.1 Å². The van der Waals surface area contributed by atoms with Crippen LogP contribution in [0, 0.1) is 17.7 Å². The third-order valence-electron chi connectivity index (χ3n) is 4.30. The molecule has 1 aromatic carbocycles. The number of rotatable bonds is 3. The lowest BCUT2D eigenvalue weighted by molar-refractivity contribution is 0.350. The Morgan fingerprint density at radius 2 is 2.18 bits per heavy atom. The van der Waals surface area contributed by atoms with Gasteiger partial charge in [-0.05, 0) is 54.9 Å². The van der Waals surface area contributed by atoms with Crippen molar-refractivity contribution in [2.75, 3.05) is 0 Å². The fraction of sp³-hybridized carbons (Fsp3) is 0.571. The molecule has 0 saturated heterocycles. The summed E-state index contributed by atoms with van der Waals surface area (Å²) < 4.78 is 14.1. The highest BCUT2D eigenvalue weighted by molar-refractivity contribution is 9.10. The van der Waals surface area contributed by atoms with Crippen LogP contribution in [0.2, 0.25) is 0 Å². The van der Waals surface area contributed by atoms with E-state index in [1.54, 1.807) is 12.1 Å². The van der Waals surface area contributed by atoms with Gasteiger partial charge in [-0.25, -0.2) is 4.39 Å². The quantitative estimate of drug-likeness (QED) is 0.893. The topological polar surface area (TPSA) is 12.0 Å². The van der Waals surface area contributed by atoms with Crippen molar-refractivity contribution in [1.82, 2.24) is 5.32 Å². The fourth-order valence-corrected chi connectivity index (χ4v) is 3.80. The second kappa shape index (κ2) is 4.69. The molecule has 3 heteroatoms. The van der Waals surface area contributed by atoms with Crippen molar-refractivity contribution in [3.8, 4) is 0 Å². The van der Waals surface area contributed by atoms with Crippen LogP contribution < -0.4 is 5.32 Å². The van der Waals surface area contributed by atoms with Gasteiger partial charge in [-0.1, -0.05) is 22.4 Å². The first-order chi connectivity index (χ1) is 8.22. The smallest absolute Gasteiger partial charge is 0.123 e. The number of nitrogens with one attached hydrogen (secondary N) is 1.